The minimum absolute atomic E-state index is 0.144. The fourth-order valence-corrected chi connectivity index (χ4v) is 12.2. The van der Waals surface area contributed by atoms with Crippen molar-refractivity contribution in [3.8, 4) is 0 Å². The molecule has 3 aliphatic heterocycles. The van der Waals surface area contributed by atoms with Crippen LogP contribution in [0.5, 0.6) is 0 Å². The van der Waals surface area contributed by atoms with Crippen LogP contribution in [0.1, 0.15) is 264 Å². The quantitative estimate of drug-likeness (QED) is 0.0199. The van der Waals surface area contributed by atoms with Gasteiger partial charge in [0.15, 0.2) is 18.9 Å². The number of unbranched alkanes of at least 4 members (excludes halogenated alkanes) is 31. The fraction of sp³-hybridized carbons (Fsp3) is 0.873. The summed E-state index contributed by atoms with van der Waals surface area (Å²) in [5.41, 5.74) is 0. The molecule has 19 nitrogen and oxygen atoms in total. The molecule has 3 saturated heterocycles. The molecule has 0 aliphatic carbocycles. The van der Waals surface area contributed by atoms with Crippen molar-refractivity contribution in [3.63, 3.8) is 0 Å². The van der Waals surface area contributed by atoms with Gasteiger partial charge in [0.2, 0.25) is 5.91 Å². The van der Waals surface area contributed by atoms with Gasteiger partial charge in [0, 0.05) is 6.42 Å². The average Bonchev–Trinajstić information content (AvgIpc) is 0.851. The summed E-state index contributed by atoms with van der Waals surface area (Å²) in [4.78, 5) is 13.3. The summed E-state index contributed by atoms with van der Waals surface area (Å²) in [5, 5.41) is 121. The Balaban J connectivity index is 1.36. The number of hydrogen-bond donors (Lipinski definition) is 12. The van der Waals surface area contributed by atoms with Crippen molar-refractivity contribution in [3.05, 3.63) is 48.6 Å². The minimum atomic E-state index is -1.98. The van der Waals surface area contributed by atoms with E-state index in [1.165, 1.54) is 180 Å². The second kappa shape index (κ2) is 53.0. The molecule has 0 bridgehead atoms. The van der Waals surface area contributed by atoms with Gasteiger partial charge >= 0.3 is 0 Å². The van der Waals surface area contributed by atoms with Gasteiger partial charge in [-0.05, 0) is 38.5 Å². The Morgan fingerprint density at radius 1 is 0.411 bits per heavy atom. The van der Waals surface area contributed by atoms with Crippen LogP contribution in [0.3, 0.4) is 0 Å². The molecule has 19 heteroatoms. The monoisotopic (exact) mass is 1280 g/mol. The molecule has 0 radical (unpaired) electrons. The zero-order valence-corrected chi connectivity index (χ0v) is 55.6. The lowest BCUT2D eigenvalue weighted by atomic mass is 9.96. The number of carbonyl (C=O) groups is 1. The normalized spacial score (nSPS) is 28.3. The lowest BCUT2D eigenvalue weighted by Crippen LogP contribution is -2.66. The van der Waals surface area contributed by atoms with Gasteiger partial charge in [-0.2, -0.15) is 0 Å². The standard InChI is InChI=1S/C71H129NO18/c1-3-5-7-9-11-13-15-17-18-19-20-21-22-23-24-25-26-27-28-29-30-31-32-33-34-35-37-38-40-42-44-46-48-55(76)54(72-59(77)49-47-45-43-41-39-36-16-14-12-10-8-6-4-2)53-85-69-65(83)62(80)67(57(51-74)87-69)90-71-66(84)63(81)68(58(52-75)88-71)89-70-64(82)61(79)60(78)56(50-73)86-70/h6,8,12,14,36,39,43,45,54-58,60-71,73-76,78-84H,3-5,7,9-11,13,15-35,37-38,40-42,44,46-53H2,1-2H3,(H,72,77)/b8-6-,14-12-,39-36-,45-43-. The van der Waals surface area contributed by atoms with Gasteiger partial charge in [0.1, 0.15) is 73.2 Å². The van der Waals surface area contributed by atoms with E-state index >= 15 is 0 Å². The van der Waals surface area contributed by atoms with Gasteiger partial charge in [-0.25, -0.2) is 0 Å². The number of allylic oxidation sites excluding steroid dienone is 8. The van der Waals surface area contributed by atoms with Crippen LogP contribution in [0.2, 0.25) is 0 Å². The molecule has 90 heavy (non-hydrogen) atoms. The molecular weight excluding hydrogens is 1150 g/mol. The van der Waals surface area contributed by atoms with Crippen molar-refractivity contribution in [2.75, 3.05) is 26.4 Å². The summed E-state index contributed by atoms with van der Waals surface area (Å²) >= 11 is 0. The van der Waals surface area contributed by atoms with Crippen molar-refractivity contribution < 1.29 is 89.4 Å². The van der Waals surface area contributed by atoms with Crippen LogP contribution in [-0.4, -0.2) is 193 Å². The second-order valence-electron chi connectivity index (χ2n) is 25.7. The Bertz CT molecular complexity index is 1820. The Hall–Kier alpha value is -2.25. The van der Waals surface area contributed by atoms with Gasteiger partial charge in [-0.3, -0.25) is 4.79 Å². The first kappa shape index (κ1) is 82.0. The Kier molecular flexibility index (Phi) is 48.2. The predicted octanol–water partition coefficient (Wildman–Crippen LogP) is 9.78. The summed E-state index contributed by atoms with van der Waals surface area (Å²) in [6.45, 7) is 1.64. The first-order chi connectivity index (χ1) is 43.8. The molecule has 0 saturated carbocycles. The van der Waals surface area contributed by atoms with Crippen molar-refractivity contribution in [1.82, 2.24) is 5.32 Å². The smallest absolute Gasteiger partial charge is 0.220 e. The largest absolute Gasteiger partial charge is 0.394 e. The number of hydrogen-bond acceptors (Lipinski definition) is 18. The number of carbonyl (C=O) groups excluding carboxylic acids is 1. The third-order valence-electron chi connectivity index (χ3n) is 17.9. The number of aliphatic hydroxyl groups excluding tert-OH is 11. The first-order valence-corrected chi connectivity index (χ1v) is 35.9. The van der Waals surface area contributed by atoms with Crippen molar-refractivity contribution in [2.24, 2.45) is 0 Å². The summed E-state index contributed by atoms with van der Waals surface area (Å²) in [6.07, 6.45) is 36.8. The zero-order valence-electron chi connectivity index (χ0n) is 55.6. The first-order valence-electron chi connectivity index (χ1n) is 35.9. The van der Waals surface area contributed by atoms with Gasteiger partial charge in [0.25, 0.3) is 0 Å². The van der Waals surface area contributed by atoms with Crippen LogP contribution in [0.4, 0.5) is 0 Å². The SMILES string of the molecule is CC/C=C\C/C=C\C/C=C\C/C=C\CCC(=O)NC(COC1OC(CO)C(OC2OC(CO)C(OC3OC(CO)C(O)C(O)C3O)C(O)C2O)C(O)C1O)C(O)CCCCCCCCCCCCCCCCCCCCCCCCCCCCCCCCCC. The molecule has 3 heterocycles. The second-order valence-corrected chi connectivity index (χ2v) is 25.7. The van der Waals surface area contributed by atoms with Gasteiger partial charge in [-0.15, -0.1) is 0 Å². The molecular formula is C71H129NO18. The lowest BCUT2D eigenvalue weighted by Gasteiger charge is -2.48. The number of amides is 1. The third-order valence-corrected chi connectivity index (χ3v) is 17.9. The van der Waals surface area contributed by atoms with E-state index in [1.54, 1.807) is 0 Å². The highest BCUT2D eigenvalue weighted by Crippen LogP contribution is 2.33. The van der Waals surface area contributed by atoms with Crippen molar-refractivity contribution in [2.45, 2.75) is 369 Å². The van der Waals surface area contributed by atoms with E-state index < -0.39 is 124 Å². The Labute approximate surface area is 542 Å². The van der Waals surface area contributed by atoms with Crippen LogP contribution in [0.25, 0.3) is 0 Å². The highest BCUT2D eigenvalue weighted by Gasteiger charge is 2.53. The fourth-order valence-electron chi connectivity index (χ4n) is 12.2. The van der Waals surface area contributed by atoms with Gasteiger partial charge in [0.05, 0.1) is 38.6 Å². The van der Waals surface area contributed by atoms with E-state index in [-0.39, 0.29) is 18.9 Å². The molecule has 3 rings (SSSR count). The zero-order chi connectivity index (χ0) is 65.4. The topological polar surface area (TPSA) is 307 Å². The molecule has 0 spiro atoms. The highest BCUT2D eigenvalue weighted by molar-refractivity contribution is 5.76. The molecule has 0 aromatic carbocycles. The molecule has 3 fully saturated rings. The molecule has 12 N–H and O–H groups in total. The van der Waals surface area contributed by atoms with Gasteiger partial charge < -0.3 is 89.9 Å². The van der Waals surface area contributed by atoms with E-state index in [1.807, 2.05) is 12.2 Å². The van der Waals surface area contributed by atoms with E-state index in [9.17, 15) is 61.0 Å². The predicted molar refractivity (Wildman–Crippen MR) is 351 cm³/mol. The Morgan fingerprint density at radius 2 is 0.744 bits per heavy atom. The minimum Gasteiger partial charge on any atom is -0.394 e. The Morgan fingerprint density at radius 3 is 1.13 bits per heavy atom. The maximum absolute atomic E-state index is 13.3. The van der Waals surface area contributed by atoms with E-state index in [0.29, 0.717) is 19.3 Å². The maximum atomic E-state index is 13.3. The summed E-state index contributed by atoms with van der Waals surface area (Å²) < 4.78 is 34.3. The highest BCUT2D eigenvalue weighted by atomic mass is 16.8. The van der Waals surface area contributed by atoms with E-state index in [4.69, 9.17) is 28.4 Å². The van der Waals surface area contributed by atoms with Crippen LogP contribution >= 0.6 is 0 Å². The summed E-state index contributed by atoms with van der Waals surface area (Å²) in [5.74, 6) is -0.321. The number of aliphatic hydroxyl groups is 11. The molecule has 17 atom stereocenters. The van der Waals surface area contributed by atoms with Crippen LogP contribution in [0.15, 0.2) is 48.6 Å². The van der Waals surface area contributed by atoms with E-state index in [0.717, 1.165) is 44.9 Å². The number of rotatable bonds is 55. The molecule has 0 aromatic rings. The molecule has 0 aromatic heterocycles. The average molecular weight is 1280 g/mol. The summed E-state index contributed by atoms with van der Waals surface area (Å²) in [7, 11) is 0. The summed E-state index contributed by atoms with van der Waals surface area (Å²) in [6, 6.07) is -0.927. The van der Waals surface area contributed by atoms with Crippen LogP contribution in [-0.2, 0) is 33.2 Å². The van der Waals surface area contributed by atoms with Crippen LogP contribution < -0.4 is 5.32 Å². The van der Waals surface area contributed by atoms with Crippen molar-refractivity contribution in [1.29, 1.82) is 0 Å². The number of ether oxygens (including phenoxy) is 6. The van der Waals surface area contributed by atoms with Crippen LogP contribution in [0, 0.1) is 0 Å². The molecule has 1 amide bonds. The molecule has 17 unspecified atom stereocenters. The maximum Gasteiger partial charge on any atom is 0.220 e. The van der Waals surface area contributed by atoms with Crippen molar-refractivity contribution >= 4 is 5.91 Å². The molecule has 3 aliphatic rings. The van der Waals surface area contributed by atoms with E-state index in [2.05, 4.69) is 55.6 Å². The lowest BCUT2D eigenvalue weighted by molar-refractivity contribution is -0.379. The van der Waals surface area contributed by atoms with Gasteiger partial charge in [-0.1, -0.05) is 268 Å². The number of nitrogens with one attached hydrogen (secondary N) is 1. The third kappa shape index (κ3) is 34.4. The molecule has 526 valence electrons.